The summed E-state index contributed by atoms with van der Waals surface area (Å²) in [6.07, 6.45) is 0. The molecule has 0 aliphatic carbocycles. The van der Waals surface area contributed by atoms with E-state index in [4.69, 9.17) is 8.92 Å². The predicted molar refractivity (Wildman–Crippen MR) is 89.7 cm³/mol. The van der Waals surface area contributed by atoms with Gasteiger partial charge in [0, 0.05) is 4.47 Å². The van der Waals surface area contributed by atoms with Gasteiger partial charge in [0.1, 0.15) is 10.6 Å². The lowest BCUT2D eigenvalue weighted by Crippen LogP contribution is -2.12. The summed E-state index contributed by atoms with van der Waals surface area (Å²) in [5.74, 6) is 0.286. The van der Waals surface area contributed by atoms with E-state index in [1.165, 1.54) is 38.3 Å². The molecule has 0 amide bonds. The summed E-state index contributed by atoms with van der Waals surface area (Å²) in [6, 6.07) is 8.98. The van der Waals surface area contributed by atoms with Gasteiger partial charge in [0.25, 0.3) is 0 Å². The lowest BCUT2D eigenvalue weighted by molar-refractivity contribution is 0.101. The third kappa shape index (κ3) is 3.92. The number of carbonyl (C=O) groups is 1. The maximum Gasteiger partial charge on any atom is 0.339 e. The van der Waals surface area contributed by atoms with E-state index in [1.807, 2.05) is 0 Å². The summed E-state index contributed by atoms with van der Waals surface area (Å²) in [5.41, 5.74) is 0.855. The number of carbonyl (C=O) groups excluding carboxylic acids is 1. The molecule has 0 bridgehead atoms. The molecular weight excluding hydrogens is 384 g/mol. The molecule has 0 aliphatic heterocycles. The van der Waals surface area contributed by atoms with Crippen LogP contribution in [0.1, 0.15) is 22.8 Å². The highest BCUT2D eigenvalue weighted by Crippen LogP contribution is 2.28. The van der Waals surface area contributed by atoms with E-state index in [2.05, 4.69) is 15.9 Å². The molecule has 0 atom stereocenters. The minimum absolute atomic E-state index is 0.00540. The minimum atomic E-state index is -4.05. The van der Waals surface area contributed by atoms with Crippen molar-refractivity contribution in [1.29, 1.82) is 0 Å². The number of rotatable bonds is 5. The predicted octanol–water partition coefficient (Wildman–Crippen LogP) is 3.74. The van der Waals surface area contributed by atoms with Gasteiger partial charge in [-0.1, -0.05) is 15.9 Å². The van der Waals surface area contributed by atoms with Crippen LogP contribution in [0.25, 0.3) is 0 Å². The second kappa shape index (κ2) is 6.72. The number of hydrogen-bond acceptors (Lipinski definition) is 5. The maximum atomic E-state index is 12.4. The molecular formula is C16H15BrO5S. The van der Waals surface area contributed by atoms with Crippen molar-refractivity contribution >= 4 is 31.8 Å². The Morgan fingerprint density at radius 1 is 1.09 bits per heavy atom. The highest BCUT2D eigenvalue weighted by Gasteiger charge is 2.21. The second-order valence-corrected chi connectivity index (χ2v) is 7.33. The summed E-state index contributed by atoms with van der Waals surface area (Å²) in [4.78, 5) is 11.7. The highest BCUT2D eigenvalue weighted by atomic mass is 79.9. The summed E-state index contributed by atoms with van der Waals surface area (Å²) in [5, 5.41) is 0. The van der Waals surface area contributed by atoms with Crippen molar-refractivity contribution in [2.45, 2.75) is 18.7 Å². The number of benzene rings is 2. The van der Waals surface area contributed by atoms with Gasteiger partial charge in [-0.15, -0.1) is 0 Å². The molecule has 0 fully saturated rings. The van der Waals surface area contributed by atoms with Crippen LogP contribution in [-0.4, -0.2) is 21.3 Å². The minimum Gasteiger partial charge on any atom is -0.496 e. The van der Waals surface area contributed by atoms with Crippen LogP contribution in [-0.2, 0) is 10.1 Å². The Kier molecular flexibility index (Phi) is 5.11. The van der Waals surface area contributed by atoms with Crippen LogP contribution in [0.2, 0.25) is 0 Å². The highest BCUT2D eigenvalue weighted by molar-refractivity contribution is 9.10. The molecule has 122 valence electrons. The number of hydrogen-bond donors (Lipinski definition) is 0. The van der Waals surface area contributed by atoms with Crippen LogP contribution in [0.4, 0.5) is 0 Å². The standard InChI is InChI=1S/C16H15BrO5S/c1-10-8-13(5-7-15(10)21-3)23(19,20)22-16-6-4-12(17)9-14(16)11(2)18/h4-9H,1-3H3. The fourth-order valence-electron chi connectivity index (χ4n) is 2.02. The van der Waals surface area contributed by atoms with Crippen molar-refractivity contribution in [3.63, 3.8) is 0 Å². The van der Waals surface area contributed by atoms with Crippen molar-refractivity contribution < 1.29 is 22.1 Å². The van der Waals surface area contributed by atoms with E-state index < -0.39 is 10.1 Å². The molecule has 0 N–H and O–H groups in total. The van der Waals surface area contributed by atoms with Crippen LogP contribution >= 0.6 is 15.9 Å². The van der Waals surface area contributed by atoms with Crippen LogP contribution in [0.15, 0.2) is 45.8 Å². The first kappa shape index (κ1) is 17.5. The first-order valence-electron chi connectivity index (χ1n) is 6.64. The van der Waals surface area contributed by atoms with Gasteiger partial charge in [0.2, 0.25) is 0 Å². The summed E-state index contributed by atoms with van der Waals surface area (Å²) in [7, 11) is -2.54. The largest absolute Gasteiger partial charge is 0.496 e. The number of ketones is 1. The smallest absolute Gasteiger partial charge is 0.339 e. The molecule has 0 unspecified atom stereocenters. The number of methoxy groups -OCH3 is 1. The van der Waals surface area contributed by atoms with E-state index in [0.717, 1.165) is 0 Å². The first-order valence-corrected chi connectivity index (χ1v) is 8.84. The Bertz CT molecular complexity index is 859. The summed E-state index contributed by atoms with van der Waals surface area (Å²) < 4.78 is 35.8. The maximum absolute atomic E-state index is 12.4. The van der Waals surface area contributed by atoms with Crippen LogP contribution in [0.5, 0.6) is 11.5 Å². The molecule has 2 aromatic rings. The fourth-order valence-corrected chi connectivity index (χ4v) is 3.42. The zero-order valence-electron chi connectivity index (χ0n) is 12.8. The van der Waals surface area contributed by atoms with Crippen molar-refractivity contribution in [2.75, 3.05) is 7.11 Å². The third-order valence-corrected chi connectivity index (χ3v) is 4.90. The zero-order valence-corrected chi connectivity index (χ0v) is 15.2. The molecule has 0 aliphatic rings. The Balaban J connectivity index is 2.43. The van der Waals surface area contributed by atoms with Gasteiger partial charge in [-0.05, 0) is 55.8 Å². The summed E-state index contributed by atoms with van der Waals surface area (Å²) in [6.45, 7) is 3.08. The van der Waals surface area contributed by atoms with Crippen LogP contribution < -0.4 is 8.92 Å². The summed E-state index contributed by atoms with van der Waals surface area (Å²) >= 11 is 3.24. The van der Waals surface area contributed by atoms with Gasteiger partial charge < -0.3 is 8.92 Å². The van der Waals surface area contributed by atoms with E-state index in [9.17, 15) is 13.2 Å². The van der Waals surface area contributed by atoms with E-state index >= 15 is 0 Å². The van der Waals surface area contributed by atoms with Gasteiger partial charge in [-0.2, -0.15) is 8.42 Å². The lowest BCUT2D eigenvalue weighted by Gasteiger charge is -2.12. The average Bonchev–Trinajstić information content (AvgIpc) is 2.48. The topological polar surface area (TPSA) is 69.7 Å². The molecule has 0 saturated heterocycles. The quantitative estimate of drug-likeness (QED) is 0.566. The normalized spacial score (nSPS) is 11.1. The zero-order chi connectivity index (χ0) is 17.2. The van der Waals surface area contributed by atoms with Gasteiger partial charge in [-0.25, -0.2) is 0 Å². The molecule has 5 nitrogen and oxygen atoms in total. The third-order valence-electron chi connectivity index (χ3n) is 3.18. The van der Waals surface area contributed by atoms with Gasteiger partial charge in [0.15, 0.2) is 11.5 Å². The molecule has 23 heavy (non-hydrogen) atoms. The average molecular weight is 399 g/mol. The second-order valence-electron chi connectivity index (χ2n) is 4.87. The molecule has 0 radical (unpaired) electrons. The Labute approximate surface area is 143 Å². The van der Waals surface area contributed by atoms with Crippen molar-refractivity contribution in [3.8, 4) is 11.5 Å². The van der Waals surface area contributed by atoms with Crippen molar-refractivity contribution in [2.24, 2.45) is 0 Å². The Morgan fingerprint density at radius 2 is 1.74 bits per heavy atom. The SMILES string of the molecule is COc1ccc(S(=O)(=O)Oc2ccc(Br)cc2C(C)=O)cc1C. The van der Waals surface area contributed by atoms with Crippen molar-refractivity contribution in [3.05, 3.63) is 52.0 Å². The molecule has 7 heteroatoms. The molecule has 2 aromatic carbocycles. The monoisotopic (exact) mass is 398 g/mol. The molecule has 0 heterocycles. The first-order chi connectivity index (χ1) is 10.7. The number of aryl methyl sites for hydroxylation is 1. The van der Waals surface area contributed by atoms with E-state index in [-0.39, 0.29) is 22.0 Å². The van der Waals surface area contributed by atoms with Gasteiger partial charge in [0.05, 0.1) is 12.7 Å². The Morgan fingerprint density at radius 3 is 2.30 bits per heavy atom. The molecule has 2 rings (SSSR count). The molecule has 0 saturated carbocycles. The molecule has 0 aromatic heterocycles. The fraction of sp³-hybridized carbons (Fsp3) is 0.188. The van der Waals surface area contributed by atoms with Gasteiger partial charge >= 0.3 is 10.1 Å². The van der Waals surface area contributed by atoms with Crippen LogP contribution in [0, 0.1) is 6.92 Å². The van der Waals surface area contributed by atoms with Crippen LogP contribution in [0.3, 0.4) is 0 Å². The number of halogens is 1. The number of Topliss-reactive ketones (excluding diaryl/α,β-unsaturated/α-hetero) is 1. The van der Waals surface area contributed by atoms with Crippen molar-refractivity contribution in [1.82, 2.24) is 0 Å². The molecule has 0 spiro atoms. The number of ether oxygens (including phenoxy) is 1. The van der Waals surface area contributed by atoms with Gasteiger partial charge in [-0.3, -0.25) is 4.79 Å². The Hall–Kier alpha value is -1.86. The van der Waals surface area contributed by atoms with E-state index in [1.54, 1.807) is 19.1 Å². The lowest BCUT2D eigenvalue weighted by atomic mass is 10.1. The van der Waals surface area contributed by atoms with E-state index in [0.29, 0.717) is 15.8 Å².